The van der Waals surface area contributed by atoms with Gasteiger partial charge in [-0.3, -0.25) is 4.79 Å². The molecule has 0 aliphatic heterocycles. The highest BCUT2D eigenvalue weighted by Crippen LogP contribution is 2.22. The smallest absolute Gasteiger partial charge is 0.243 e. The number of hydrogen-bond acceptors (Lipinski definition) is 1. The van der Waals surface area contributed by atoms with Crippen LogP contribution < -0.4 is 5.32 Å². The van der Waals surface area contributed by atoms with Crippen LogP contribution in [0.3, 0.4) is 0 Å². The van der Waals surface area contributed by atoms with Gasteiger partial charge in [0.15, 0.2) is 0 Å². The number of rotatable bonds is 7. The molecule has 0 spiro atoms. The highest BCUT2D eigenvalue weighted by molar-refractivity contribution is 5.91. The number of aryl methyl sites for hydroxylation is 1. The molecule has 0 aliphatic rings. The van der Waals surface area contributed by atoms with Crippen molar-refractivity contribution < 1.29 is 4.79 Å². The largest absolute Gasteiger partial charge is 0.353 e. The first kappa shape index (κ1) is 21.0. The van der Waals surface area contributed by atoms with Gasteiger partial charge in [-0.2, -0.15) is 0 Å². The lowest BCUT2D eigenvalue weighted by Gasteiger charge is -2.18. The summed E-state index contributed by atoms with van der Waals surface area (Å²) in [7, 11) is 0. The molecule has 144 valence electrons. The van der Waals surface area contributed by atoms with E-state index in [1.807, 2.05) is 6.08 Å². The molecule has 1 N–H and O–H groups in total. The lowest BCUT2D eigenvalue weighted by atomic mass is 9.87. The Morgan fingerprint density at radius 1 is 1.00 bits per heavy atom. The SMILES string of the molecule is CC(C)c1ccc(CCCNC(=O)/C=C/c2ccc(C(C)(C)C)cc2)cc1. The molecular weight excluding hydrogens is 330 g/mol. The van der Waals surface area contributed by atoms with Crippen LogP contribution in [0.1, 0.15) is 69.2 Å². The highest BCUT2D eigenvalue weighted by atomic mass is 16.1. The molecular formula is C25H33NO. The maximum Gasteiger partial charge on any atom is 0.243 e. The second kappa shape index (κ2) is 9.55. The summed E-state index contributed by atoms with van der Waals surface area (Å²) >= 11 is 0. The molecule has 27 heavy (non-hydrogen) atoms. The Hall–Kier alpha value is -2.35. The van der Waals surface area contributed by atoms with E-state index in [1.165, 1.54) is 16.7 Å². The quantitative estimate of drug-likeness (QED) is 0.484. The first-order valence-corrected chi connectivity index (χ1v) is 9.91. The van der Waals surface area contributed by atoms with E-state index in [0.29, 0.717) is 12.5 Å². The number of carbonyl (C=O) groups is 1. The molecule has 0 saturated carbocycles. The van der Waals surface area contributed by atoms with E-state index in [9.17, 15) is 4.79 Å². The topological polar surface area (TPSA) is 29.1 Å². The predicted molar refractivity (Wildman–Crippen MR) is 116 cm³/mol. The summed E-state index contributed by atoms with van der Waals surface area (Å²) in [6.45, 7) is 11.7. The maximum atomic E-state index is 12.0. The molecule has 2 rings (SSSR count). The molecule has 0 bridgehead atoms. The van der Waals surface area contributed by atoms with E-state index < -0.39 is 0 Å². The van der Waals surface area contributed by atoms with E-state index >= 15 is 0 Å². The molecule has 0 aliphatic carbocycles. The zero-order valence-corrected chi connectivity index (χ0v) is 17.4. The lowest BCUT2D eigenvalue weighted by molar-refractivity contribution is -0.116. The van der Waals surface area contributed by atoms with Crippen LogP contribution in [0.25, 0.3) is 6.08 Å². The fraction of sp³-hybridized carbons (Fsp3) is 0.400. The third-order valence-electron chi connectivity index (χ3n) is 4.79. The molecule has 0 atom stereocenters. The second-order valence-corrected chi connectivity index (χ2v) is 8.50. The van der Waals surface area contributed by atoms with Gasteiger partial charge in [-0.25, -0.2) is 0 Å². The van der Waals surface area contributed by atoms with E-state index in [2.05, 4.69) is 88.5 Å². The zero-order chi connectivity index (χ0) is 19.9. The summed E-state index contributed by atoms with van der Waals surface area (Å²) in [5.41, 5.74) is 5.18. The molecule has 2 aromatic carbocycles. The van der Waals surface area contributed by atoms with Crippen molar-refractivity contribution in [2.75, 3.05) is 6.54 Å². The fourth-order valence-electron chi connectivity index (χ4n) is 2.90. The predicted octanol–water partition coefficient (Wildman–Crippen LogP) is 5.87. The van der Waals surface area contributed by atoms with Crippen LogP contribution in [0.15, 0.2) is 54.6 Å². The van der Waals surface area contributed by atoms with Crippen LogP contribution in [0, 0.1) is 0 Å². The molecule has 0 heterocycles. The summed E-state index contributed by atoms with van der Waals surface area (Å²) < 4.78 is 0. The van der Waals surface area contributed by atoms with E-state index in [0.717, 1.165) is 18.4 Å². The van der Waals surface area contributed by atoms with Crippen LogP contribution in [-0.4, -0.2) is 12.5 Å². The summed E-state index contributed by atoms with van der Waals surface area (Å²) in [6.07, 6.45) is 5.41. The Labute approximate surface area is 164 Å². The minimum Gasteiger partial charge on any atom is -0.353 e. The molecule has 2 heteroatoms. The van der Waals surface area contributed by atoms with Crippen molar-refractivity contribution in [1.82, 2.24) is 5.32 Å². The van der Waals surface area contributed by atoms with E-state index in [4.69, 9.17) is 0 Å². The molecule has 0 unspecified atom stereocenters. The third-order valence-corrected chi connectivity index (χ3v) is 4.79. The van der Waals surface area contributed by atoms with Gasteiger partial charge >= 0.3 is 0 Å². The minimum absolute atomic E-state index is 0.0370. The zero-order valence-electron chi connectivity index (χ0n) is 17.4. The normalized spacial score (nSPS) is 11.9. The van der Waals surface area contributed by atoms with Crippen molar-refractivity contribution in [2.45, 2.75) is 58.8 Å². The van der Waals surface area contributed by atoms with Gasteiger partial charge in [-0.1, -0.05) is 83.1 Å². The molecule has 0 saturated heterocycles. The second-order valence-electron chi connectivity index (χ2n) is 8.50. The first-order chi connectivity index (χ1) is 12.8. The number of amides is 1. The Morgan fingerprint density at radius 2 is 1.63 bits per heavy atom. The van der Waals surface area contributed by atoms with Gasteiger partial charge in [0.05, 0.1) is 0 Å². The summed E-state index contributed by atoms with van der Waals surface area (Å²) in [6, 6.07) is 17.2. The molecule has 0 fully saturated rings. The van der Waals surface area contributed by atoms with Crippen LogP contribution >= 0.6 is 0 Å². The molecule has 1 amide bonds. The van der Waals surface area contributed by atoms with Crippen LogP contribution in [0.5, 0.6) is 0 Å². The Kier molecular flexibility index (Phi) is 7.41. The van der Waals surface area contributed by atoms with Gasteiger partial charge in [0.1, 0.15) is 0 Å². The van der Waals surface area contributed by atoms with Crippen LogP contribution in [-0.2, 0) is 16.6 Å². The summed E-state index contributed by atoms with van der Waals surface area (Å²) in [4.78, 5) is 12.0. The highest BCUT2D eigenvalue weighted by Gasteiger charge is 2.12. The number of benzene rings is 2. The standard InChI is InChI=1S/C25H33NO/c1-19(2)22-13-8-20(9-14-22)7-6-18-26-24(27)17-12-21-10-15-23(16-11-21)25(3,4)5/h8-17,19H,6-7,18H2,1-5H3,(H,26,27)/b17-12+. The number of carbonyl (C=O) groups excluding carboxylic acids is 1. The van der Waals surface area contributed by atoms with Gasteiger partial charge in [0, 0.05) is 12.6 Å². The van der Waals surface area contributed by atoms with E-state index in [1.54, 1.807) is 6.08 Å². The average molecular weight is 364 g/mol. The maximum absolute atomic E-state index is 12.0. The molecule has 0 radical (unpaired) electrons. The summed E-state index contributed by atoms with van der Waals surface area (Å²) in [5.74, 6) is 0.528. The van der Waals surface area contributed by atoms with Gasteiger partial charge in [0.2, 0.25) is 5.91 Å². The Balaban J connectivity index is 1.73. The molecule has 0 aromatic heterocycles. The first-order valence-electron chi connectivity index (χ1n) is 9.91. The van der Waals surface area contributed by atoms with Crippen LogP contribution in [0.4, 0.5) is 0 Å². The third kappa shape index (κ3) is 7.05. The Morgan fingerprint density at radius 3 is 2.19 bits per heavy atom. The van der Waals surface area contributed by atoms with Crippen molar-refractivity contribution in [3.8, 4) is 0 Å². The van der Waals surface area contributed by atoms with Crippen molar-refractivity contribution in [3.05, 3.63) is 76.9 Å². The van der Waals surface area contributed by atoms with Crippen LogP contribution in [0.2, 0.25) is 0 Å². The number of hydrogen-bond donors (Lipinski definition) is 1. The van der Waals surface area contributed by atoms with Crippen molar-refractivity contribution in [1.29, 1.82) is 0 Å². The number of nitrogens with one attached hydrogen (secondary N) is 1. The molecule has 2 nitrogen and oxygen atoms in total. The van der Waals surface area contributed by atoms with Gasteiger partial charge in [-0.15, -0.1) is 0 Å². The van der Waals surface area contributed by atoms with Crippen molar-refractivity contribution in [3.63, 3.8) is 0 Å². The summed E-state index contributed by atoms with van der Waals surface area (Å²) in [5, 5.41) is 2.96. The monoisotopic (exact) mass is 363 g/mol. The van der Waals surface area contributed by atoms with E-state index in [-0.39, 0.29) is 11.3 Å². The molecule has 2 aromatic rings. The van der Waals surface area contributed by atoms with Gasteiger partial charge in [-0.05, 0) is 52.5 Å². The van der Waals surface area contributed by atoms with Gasteiger partial charge in [0.25, 0.3) is 0 Å². The van der Waals surface area contributed by atoms with Crippen molar-refractivity contribution >= 4 is 12.0 Å². The lowest BCUT2D eigenvalue weighted by Crippen LogP contribution is -2.22. The minimum atomic E-state index is -0.0370. The average Bonchev–Trinajstić information content (AvgIpc) is 2.63. The van der Waals surface area contributed by atoms with Crippen molar-refractivity contribution in [2.24, 2.45) is 0 Å². The Bertz CT molecular complexity index is 746. The van der Waals surface area contributed by atoms with Gasteiger partial charge < -0.3 is 5.32 Å². The fourth-order valence-corrected chi connectivity index (χ4v) is 2.90.